The minimum atomic E-state index is -0.318. The number of carbonyl (C=O) groups excluding carboxylic acids is 2. The molecule has 9 heteroatoms. The van der Waals surface area contributed by atoms with E-state index in [0.717, 1.165) is 18.7 Å². The smallest absolute Gasteiger partial charge is 0.324 e. The number of thioether (sulfide) groups is 1. The molecule has 108 valence electrons. The summed E-state index contributed by atoms with van der Waals surface area (Å²) in [5.41, 5.74) is 5.64. The Bertz CT molecular complexity index is 541. The van der Waals surface area contributed by atoms with Crippen LogP contribution >= 0.6 is 11.8 Å². The van der Waals surface area contributed by atoms with Gasteiger partial charge in [-0.15, -0.1) is 10.2 Å². The zero-order chi connectivity index (χ0) is 14.1. The molecule has 3 rings (SSSR count). The highest BCUT2D eigenvalue weighted by Crippen LogP contribution is 2.38. The summed E-state index contributed by atoms with van der Waals surface area (Å²) < 4.78 is 2.02. The maximum atomic E-state index is 12.0. The van der Waals surface area contributed by atoms with Crippen LogP contribution in [0.3, 0.4) is 0 Å². The summed E-state index contributed by atoms with van der Waals surface area (Å²) in [4.78, 5) is 24.6. The van der Waals surface area contributed by atoms with Crippen LogP contribution in [0.1, 0.15) is 24.7 Å². The molecule has 1 saturated heterocycles. The SMILES string of the molecule is NCc1nnc(SCC(=O)N2CCNC2=O)n1C1CC1. The van der Waals surface area contributed by atoms with Crippen molar-refractivity contribution in [2.75, 3.05) is 18.8 Å². The highest BCUT2D eigenvalue weighted by atomic mass is 32.2. The number of nitrogens with one attached hydrogen (secondary N) is 1. The second kappa shape index (κ2) is 5.41. The number of nitrogens with zero attached hydrogens (tertiary/aromatic N) is 4. The number of rotatable bonds is 5. The minimum absolute atomic E-state index is 0.183. The summed E-state index contributed by atoms with van der Waals surface area (Å²) in [6.45, 7) is 1.29. The van der Waals surface area contributed by atoms with E-state index in [1.54, 1.807) is 0 Å². The van der Waals surface area contributed by atoms with E-state index < -0.39 is 0 Å². The third-order valence-corrected chi connectivity index (χ3v) is 4.24. The first kappa shape index (κ1) is 13.4. The van der Waals surface area contributed by atoms with Gasteiger partial charge in [-0.2, -0.15) is 0 Å². The Labute approximate surface area is 120 Å². The number of hydrogen-bond acceptors (Lipinski definition) is 6. The predicted molar refractivity (Wildman–Crippen MR) is 72.0 cm³/mol. The molecular formula is C11H16N6O2S. The molecule has 0 unspecified atom stereocenters. The lowest BCUT2D eigenvalue weighted by molar-refractivity contribution is -0.124. The first-order chi connectivity index (χ1) is 9.70. The van der Waals surface area contributed by atoms with Crippen LogP contribution in [-0.4, -0.2) is 50.4 Å². The zero-order valence-electron chi connectivity index (χ0n) is 10.9. The van der Waals surface area contributed by atoms with Gasteiger partial charge in [-0.1, -0.05) is 11.8 Å². The third kappa shape index (κ3) is 2.50. The first-order valence-corrected chi connectivity index (χ1v) is 7.54. The van der Waals surface area contributed by atoms with Gasteiger partial charge in [0, 0.05) is 19.1 Å². The number of nitrogens with two attached hydrogens (primary N) is 1. The Balaban J connectivity index is 1.65. The highest BCUT2D eigenvalue weighted by molar-refractivity contribution is 7.99. The Morgan fingerprint density at radius 2 is 2.25 bits per heavy atom. The number of hydrogen-bond donors (Lipinski definition) is 2. The van der Waals surface area contributed by atoms with E-state index in [2.05, 4.69) is 15.5 Å². The van der Waals surface area contributed by atoms with Crippen LogP contribution in [0.2, 0.25) is 0 Å². The van der Waals surface area contributed by atoms with Crippen LogP contribution in [0.25, 0.3) is 0 Å². The molecule has 0 atom stereocenters. The molecule has 0 spiro atoms. The molecule has 1 saturated carbocycles. The molecule has 0 radical (unpaired) electrons. The highest BCUT2D eigenvalue weighted by Gasteiger charge is 2.30. The molecule has 2 heterocycles. The van der Waals surface area contributed by atoms with Crippen LogP contribution in [0.4, 0.5) is 4.79 Å². The number of amides is 3. The minimum Gasteiger partial charge on any atom is -0.336 e. The number of imide groups is 1. The van der Waals surface area contributed by atoms with E-state index in [4.69, 9.17) is 5.73 Å². The predicted octanol–water partition coefficient (Wildman–Crippen LogP) is -0.284. The van der Waals surface area contributed by atoms with Crippen LogP contribution in [0.15, 0.2) is 5.16 Å². The van der Waals surface area contributed by atoms with E-state index in [1.165, 1.54) is 16.7 Å². The van der Waals surface area contributed by atoms with Crippen molar-refractivity contribution in [2.24, 2.45) is 5.73 Å². The molecule has 20 heavy (non-hydrogen) atoms. The Morgan fingerprint density at radius 1 is 1.45 bits per heavy atom. The quantitative estimate of drug-likeness (QED) is 0.724. The fraction of sp³-hybridized carbons (Fsp3) is 0.636. The lowest BCUT2D eigenvalue weighted by atomic mass is 10.5. The topological polar surface area (TPSA) is 106 Å². The number of carbonyl (C=O) groups is 2. The second-order valence-electron chi connectivity index (χ2n) is 4.77. The zero-order valence-corrected chi connectivity index (χ0v) is 11.7. The van der Waals surface area contributed by atoms with Gasteiger partial charge in [0.2, 0.25) is 5.91 Å². The standard InChI is InChI=1S/C11H16N6O2S/c12-5-8-14-15-11(17(8)7-1-2-7)20-6-9(18)16-4-3-13-10(16)19/h7H,1-6,12H2,(H,13,19). The molecule has 1 aromatic heterocycles. The van der Waals surface area contributed by atoms with Crippen molar-refractivity contribution >= 4 is 23.7 Å². The van der Waals surface area contributed by atoms with E-state index in [9.17, 15) is 9.59 Å². The molecule has 3 amide bonds. The Morgan fingerprint density at radius 3 is 2.85 bits per heavy atom. The normalized spacial score (nSPS) is 18.4. The summed E-state index contributed by atoms with van der Waals surface area (Å²) in [6, 6.07) is 0.0955. The lowest BCUT2D eigenvalue weighted by Gasteiger charge is -2.12. The fourth-order valence-electron chi connectivity index (χ4n) is 2.16. The van der Waals surface area contributed by atoms with Gasteiger partial charge >= 0.3 is 6.03 Å². The Kier molecular flexibility index (Phi) is 3.62. The van der Waals surface area contributed by atoms with Crippen molar-refractivity contribution in [1.82, 2.24) is 25.0 Å². The van der Waals surface area contributed by atoms with Gasteiger partial charge in [0.15, 0.2) is 5.16 Å². The van der Waals surface area contributed by atoms with Crippen molar-refractivity contribution in [1.29, 1.82) is 0 Å². The molecule has 1 aromatic rings. The average Bonchev–Trinajstić information content (AvgIpc) is 3.05. The van der Waals surface area contributed by atoms with Crippen LogP contribution < -0.4 is 11.1 Å². The van der Waals surface area contributed by atoms with Gasteiger partial charge in [0.1, 0.15) is 5.82 Å². The molecular weight excluding hydrogens is 280 g/mol. The van der Waals surface area contributed by atoms with Crippen molar-refractivity contribution in [3.05, 3.63) is 5.82 Å². The number of urea groups is 1. The fourth-order valence-corrected chi connectivity index (χ4v) is 3.06. The second-order valence-corrected chi connectivity index (χ2v) is 5.71. The Hall–Kier alpha value is -1.61. The molecule has 0 aromatic carbocycles. The van der Waals surface area contributed by atoms with Crippen molar-refractivity contribution in [3.8, 4) is 0 Å². The van der Waals surface area contributed by atoms with Gasteiger partial charge in [0.25, 0.3) is 0 Å². The molecule has 3 N–H and O–H groups in total. The maximum absolute atomic E-state index is 12.0. The van der Waals surface area contributed by atoms with Gasteiger partial charge in [0.05, 0.1) is 12.3 Å². The van der Waals surface area contributed by atoms with Crippen LogP contribution in [0.5, 0.6) is 0 Å². The average molecular weight is 296 g/mol. The van der Waals surface area contributed by atoms with Gasteiger partial charge in [-0.25, -0.2) is 4.79 Å². The summed E-state index contributed by atoms with van der Waals surface area (Å²) in [5, 5.41) is 11.5. The largest absolute Gasteiger partial charge is 0.336 e. The molecule has 2 fully saturated rings. The lowest BCUT2D eigenvalue weighted by Crippen LogP contribution is -2.35. The first-order valence-electron chi connectivity index (χ1n) is 6.55. The maximum Gasteiger partial charge on any atom is 0.324 e. The summed E-state index contributed by atoms with van der Waals surface area (Å²) >= 11 is 1.31. The monoisotopic (exact) mass is 296 g/mol. The van der Waals surface area contributed by atoms with Gasteiger partial charge in [-0.05, 0) is 12.8 Å². The summed E-state index contributed by atoms with van der Waals surface area (Å²) in [7, 11) is 0. The molecule has 1 aliphatic heterocycles. The third-order valence-electron chi connectivity index (χ3n) is 3.31. The van der Waals surface area contributed by atoms with E-state index in [-0.39, 0.29) is 17.7 Å². The molecule has 1 aliphatic carbocycles. The molecule has 8 nitrogen and oxygen atoms in total. The number of aromatic nitrogens is 3. The van der Waals surface area contributed by atoms with Crippen LogP contribution in [0, 0.1) is 0 Å². The van der Waals surface area contributed by atoms with Gasteiger partial charge < -0.3 is 15.6 Å². The van der Waals surface area contributed by atoms with E-state index in [0.29, 0.717) is 30.8 Å². The van der Waals surface area contributed by atoms with Crippen molar-refractivity contribution in [3.63, 3.8) is 0 Å². The van der Waals surface area contributed by atoms with Crippen LogP contribution in [-0.2, 0) is 11.3 Å². The van der Waals surface area contributed by atoms with Crippen molar-refractivity contribution in [2.45, 2.75) is 30.6 Å². The van der Waals surface area contributed by atoms with Gasteiger partial charge in [-0.3, -0.25) is 9.69 Å². The molecule has 2 aliphatic rings. The van der Waals surface area contributed by atoms with E-state index >= 15 is 0 Å². The summed E-state index contributed by atoms with van der Waals surface area (Å²) in [6.07, 6.45) is 2.20. The van der Waals surface area contributed by atoms with E-state index in [1.807, 2.05) is 4.57 Å². The van der Waals surface area contributed by atoms with Crippen molar-refractivity contribution < 1.29 is 9.59 Å². The summed E-state index contributed by atoms with van der Waals surface area (Å²) in [5.74, 6) is 0.731. The molecule has 0 bridgehead atoms.